The van der Waals surface area contributed by atoms with Gasteiger partial charge in [-0.3, -0.25) is 0 Å². The Morgan fingerprint density at radius 3 is 0.688 bits per heavy atom. The van der Waals surface area contributed by atoms with Gasteiger partial charge in [-0.25, -0.2) is 0 Å². The average Bonchev–Trinajstić information content (AvgIpc) is 3.45. The molecule has 0 atom stereocenters. The fourth-order valence-electron chi connectivity index (χ4n) is 8.95. The Balaban J connectivity index is 0.000000197. The van der Waals surface area contributed by atoms with E-state index >= 15 is 0 Å². The Bertz CT molecular complexity index is 3850. The first-order chi connectivity index (χ1) is 38.8. The zero-order valence-electron chi connectivity index (χ0n) is 44.9. The molecule has 392 valence electrons. The van der Waals surface area contributed by atoms with Crippen molar-refractivity contribution in [3.8, 4) is 34.5 Å². The van der Waals surface area contributed by atoms with Crippen molar-refractivity contribution >= 4 is 123 Å². The Hall–Kier alpha value is -8.08. The standard InChI is InChI=1S/6C10H9NO.C2H4O2.3Ga.O/c6*1-7-5-6-8-3-2-4-9(12)10(8)11-7;1-2(3)4;;;;/h6*2-6,12H,1H3;1H3,(H,3,4);;;;/q;;;;;;;2*+2;+3;/p-7. The predicted molar refractivity (Wildman–Crippen MR) is 313 cm³/mol. The summed E-state index contributed by atoms with van der Waals surface area (Å²) in [6.45, 7) is 13.0. The van der Waals surface area contributed by atoms with Gasteiger partial charge in [-0.1, -0.05) is 0 Å². The van der Waals surface area contributed by atoms with Gasteiger partial charge in [-0.05, 0) is 0 Å². The molecule has 12 aromatic rings. The summed E-state index contributed by atoms with van der Waals surface area (Å²) >= 11 is -11.2. The van der Waals surface area contributed by atoms with Crippen molar-refractivity contribution in [3.05, 3.63) is 216 Å². The topological polar surface area (TPSA) is 168 Å². The zero-order valence-corrected chi connectivity index (χ0v) is 52.2. The van der Waals surface area contributed by atoms with Crippen LogP contribution in [0, 0.1) is 41.5 Å². The van der Waals surface area contributed by atoms with Crippen molar-refractivity contribution in [2.45, 2.75) is 48.5 Å². The van der Waals surface area contributed by atoms with E-state index in [4.69, 9.17) is 47.0 Å². The van der Waals surface area contributed by atoms with Gasteiger partial charge in [0.15, 0.2) is 0 Å². The van der Waals surface area contributed by atoms with Crippen LogP contribution in [-0.2, 0) is 10.6 Å². The molecule has 15 nitrogen and oxygen atoms in total. The molecule has 0 radical (unpaired) electrons. The van der Waals surface area contributed by atoms with Crippen molar-refractivity contribution in [2.75, 3.05) is 0 Å². The van der Waals surface area contributed by atoms with Gasteiger partial charge >= 0.3 is 484 Å². The van der Waals surface area contributed by atoms with Gasteiger partial charge < -0.3 is 0 Å². The fourth-order valence-corrected chi connectivity index (χ4v) is 20.3. The van der Waals surface area contributed by atoms with E-state index in [1.807, 2.05) is 224 Å². The van der Waals surface area contributed by atoms with Gasteiger partial charge in [0, 0.05) is 0 Å². The molecule has 6 heterocycles. The second kappa shape index (κ2) is 24.1. The number of benzene rings is 6. The molecule has 0 saturated heterocycles. The molecule has 0 bridgehead atoms. The van der Waals surface area contributed by atoms with E-state index in [1.165, 1.54) is 6.92 Å². The molecular formula is C62H51Ga3N6O9. The first kappa shape index (κ1) is 53.9. The van der Waals surface area contributed by atoms with Crippen molar-refractivity contribution in [3.63, 3.8) is 0 Å². The minimum absolute atomic E-state index is 0.441. The van der Waals surface area contributed by atoms with Crippen LogP contribution in [0.25, 0.3) is 65.4 Å². The summed E-state index contributed by atoms with van der Waals surface area (Å²) in [5.74, 6) is 2.91. The third kappa shape index (κ3) is 12.7. The summed E-state index contributed by atoms with van der Waals surface area (Å²) in [4.78, 5) is 40.1. The summed E-state index contributed by atoms with van der Waals surface area (Å²) in [5, 5.41) is 5.67. The fraction of sp³-hybridized carbons (Fsp3) is 0.113. The molecule has 0 saturated carbocycles. The van der Waals surface area contributed by atoms with E-state index in [1.54, 1.807) is 0 Å². The molecule has 0 spiro atoms. The number of para-hydroxylation sites is 6. The van der Waals surface area contributed by atoms with E-state index < -0.39 is 57.9 Å². The Kier molecular flexibility index (Phi) is 16.2. The van der Waals surface area contributed by atoms with E-state index in [0.29, 0.717) is 45.5 Å². The van der Waals surface area contributed by atoms with Gasteiger partial charge in [-0.15, -0.1) is 0 Å². The second-order valence-electron chi connectivity index (χ2n) is 19.0. The Morgan fingerprint density at radius 1 is 0.287 bits per heavy atom. The van der Waals surface area contributed by atoms with Crippen molar-refractivity contribution in [2.24, 2.45) is 0 Å². The second-order valence-corrected chi connectivity index (χ2v) is 29.6. The zero-order chi connectivity index (χ0) is 55.3. The van der Waals surface area contributed by atoms with Crippen LogP contribution in [0.4, 0.5) is 0 Å². The van der Waals surface area contributed by atoms with Crippen LogP contribution in [-0.4, -0.2) is 87.8 Å². The van der Waals surface area contributed by atoms with Crippen molar-refractivity contribution in [1.29, 1.82) is 0 Å². The van der Waals surface area contributed by atoms with Crippen LogP contribution in [0.5, 0.6) is 34.5 Å². The minimum atomic E-state index is -3.87. The van der Waals surface area contributed by atoms with E-state index in [2.05, 4.69) is 9.97 Å². The van der Waals surface area contributed by atoms with Crippen LogP contribution >= 0.6 is 0 Å². The SMILES string of the molecule is CC(=O)[O][Ga]([O]c1cccc2ccc(C)nc12)[O]c1cccc2ccc(C)nc12.Cc1ccc2cccc([O][Ga]([O]c3cccc4ccc(C)nc34)[O][Ga]([O]c3cccc4ccc(C)nc34)[O]c3cccc4ccc(C)nc34)c2n1. The summed E-state index contributed by atoms with van der Waals surface area (Å²) in [5.41, 5.74) is 9.56. The molecule has 0 aliphatic heterocycles. The number of carbonyl (C=O) groups is 1. The normalized spacial score (nSPS) is 11.0. The third-order valence-corrected chi connectivity index (χ3v) is 25.3. The number of pyridine rings is 6. The van der Waals surface area contributed by atoms with E-state index in [9.17, 15) is 4.79 Å². The summed E-state index contributed by atoms with van der Waals surface area (Å²) < 4.78 is 51.8. The number of rotatable bonds is 15. The molecule has 6 aromatic carbocycles. The number of aryl methyl sites for hydroxylation is 6. The molecule has 0 aliphatic rings. The summed E-state index contributed by atoms with van der Waals surface area (Å²) in [6, 6.07) is 58.6. The molecule has 6 aromatic heterocycles. The van der Waals surface area contributed by atoms with Gasteiger partial charge in [-0.2, -0.15) is 0 Å². The van der Waals surface area contributed by atoms with E-state index in [0.717, 1.165) is 88.5 Å². The Labute approximate surface area is 480 Å². The van der Waals surface area contributed by atoms with Crippen LogP contribution in [0.3, 0.4) is 0 Å². The average molecular weight is 1230 g/mol. The number of fused-ring (bicyclic) bond motifs is 6. The molecule has 0 amide bonds. The van der Waals surface area contributed by atoms with Crippen LogP contribution in [0.15, 0.2) is 182 Å². The van der Waals surface area contributed by atoms with Gasteiger partial charge in [0.1, 0.15) is 0 Å². The molecule has 12 rings (SSSR count). The number of aromatic nitrogens is 6. The quantitative estimate of drug-likeness (QED) is 0.0888. The summed E-state index contributed by atoms with van der Waals surface area (Å²) in [6.07, 6.45) is 0. The van der Waals surface area contributed by atoms with Crippen molar-refractivity contribution < 1.29 is 31.8 Å². The number of hydrogen-bond acceptors (Lipinski definition) is 15. The van der Waals surface area contributed by atoms with Gasteiger partial charge in [0.05, 0.1) is 0 Å². The molecular weight excluding hydrogens is 1180 g/mol. The van der Waals surface area contributed by atoms with Gasteiger partial charge in [0.2, 0.25) is 0 Å². The van der Waals surface area contributed by atoms with Crippen molar-refractivity contribution in [1.82, 2.24) is 29.9 Å². The molecule has 18 heteroatoms. The van der Waals surface area contributed by atoms with Crippen LogP contribution in [0.2, 0.25) is 0 Å². The molecule has 0 unspecified atom stereocenters. The Morgan fingerprint density at radius 2 is 0.487 bits per heavy atom. The maximum absolute atomic E-state index is 11.7. The molecule has 0 aliphatic carbocycles. The predicted octanol–water partition coefficient (Wildman–Crippen LogP) is 13.1. The van der Waals surface area contributed by atoms with Crippen LogP contribution in [0.1, 0.15) is 41.1 Å². The van der Waals surface area contributed by atoms with Crippen LogP contribution < -0.4 is 21.2 Å². The summed E-state index contributed by atoms with van der Waals surface area (Å²) in [7, 11) is 0. The number of nitrogens with zero attached hydrogens (tertiary/aromatic N) is 6. The monoisotopic (exact) mass is 1230 g/mol. The third-order valence-electron chi connectivity index (χ3n) is 12.8. The number of hydrogen-bond donors (Lipinski definition) is 0. The van der Waals surface area contributed by atoms with Gasteiger partial charge in [0.25, 0.3) is 0 Å². The molecule has 0 fully saturated rings. The molecule has 0 N–H and O–H groups in total. The molecule has 80 heavy (non-hydrogen) atoms. The first-order valence-electron chi connectivity index (χ1n) is 25.9. The first-order valence-corrected chi connectivity index (χ1v) is 34.8. The van der Waals surface area contributed by atoms with E-state index in [-0.39, 0.29) is 0 Å². The maximum atomic E-state index is 11.7. The number of carbonyl (C=O) groups excluding carboxylic acids is 1.